The number of benzene rings is 2. The molecule has 2 N–H and O–H groups in total. The molecule has 4 nitrogen and oxygen atoms in total. The normalized spacial score (nSPS) is 11.3. The number of amides is 1. The van der Waals surface area contributed by atoms with Gasteiger partial charge in [-0.25, -0.2) is 8.78 Å². The van der Waals surface area contributed by atoms with Crippen molar-refractivity contribution < 1.29 is 13.6 Å². The number of rotatable bonds is 5. The molecule has 146 valence electrons. The zero-order valence-electron chi connectivity index (χ0n) is 16.6. The summed E-state index contributed by atoms with van der Waals surface area (Å²) < 4.78 is 30.2. The predicted molar refractivity (Wildman–Crippen MR) is 107 cm³/mol. The molecule has 2 rings (SSSR count). The molecule has 2 aromatic rings. The van der Waals surface area contributed by atoms with Gasteiger partial charge in [0.2, 0.25) is 0 Å². The van der Waals surface area contributed by atoms with Gasteiger partial charge in [0, 0.05) is 28.4 Å². The van der Waals surface area contributed by atoms with Crippen LogP contribution in [0.4, 0.5) is 14.5 Å². The number of anilines is 1. The van der Waals surface area contributed by atoms with Crippen LogP contribution < -0.4 is 10.6 Å². The summed E-state index contributed by atoms with van der Waals surface area (Å²) in [6, 6.07) is 7.40. The smallest absolute Gasteiger partial charge is 0.259 e. The van der Waals surface area contributed by atoms with Crippen molar-refractivity contribution in [2.75, 3.05) is 5.32 Å². The molecule has 0 radical (unpaired) electrons. The second-order valence-electron chi connectivity index (χ2n) is 6.94. The van der Waals surface area contributed by atoms with Crippen LogP contribution in [-0.4, -0.2) is 11.9 Å². The molecule has 0 aliphatic rings. The first-order chi connectivity index (χ1) is 13.2. The predicted octanol–water partition coefficient (Wildman–Crippen LogP) is 5.07. The maximum atomic E-state index is 15.1. The molecule has 0 bridgehead atoms. The van der Waals surface area contributed by atoms with E-state index in [1.54, 1.807) is 12.1 Å². The zero-order valence-corrected chi connectivity index (χ0v) is 16.6. The standard InChI is InChI=1S/C22H23F2N3O/c1-12(2)27-17-8-6-16(7-9-17)19-15(5)20(23)18(14(4)21(19)24)10-13(3)22(28)26-11-25/h6-10,12,27H,1-5H3,(H,26,28)/b13-10+. The van der Waals surface area contributed by atoms with Crippen LogP contribution in [0.25, 0.3) is 17.2 Å². The fraction of sp³-hybridized carbons (Fsp3) is 0.273. The van der Waals surface area contributed by atoms with Gasteiger partial charge in [-0.3, -0.25) is 10.1 Å². The molecule has 6 heteroatoms. The Morgan fingerprint density at radius 1 is 1.11 bits per heavy atom. The van der Waals surface area contributed by atoms with Gasteiger partial charge in [-0.1, -0.05) is 12.1 Å². The monoisotopic (exact) mass is 383 g/mol. The van der Waals surface area contributed by atoms with Crippen LogP contribution >= 0.6 is 0 Å². The van der Waals surface area contributed by atoms with E-state index in [1.807, 2.05) is 31.3 Å². The third kappa shape index (κ3) is 4.37. The molecule has 0 atom stereocenters. The van der Waals surface area contributed by atoms with Crippen molar-refractivity contribution in [2.24, 2.45) is 0 Å². The molecule has 0 fully saturated rings. The number of carbonyl (C=O) groups is 1. The number of nitrogens with one attached hydrogen (secondary N) is 2. The molecular formula is C22H23F2N3O. The molecule has 0 saturated heterocycles. The number of hydrogen-bond donors (Lipinski definition) is 2. The molecular weight excluding hydrogens is 360 g/mol. The minimum Gasteiger partial charge on any atom is -0.383 e. The Hall–Kier alpha value is -3.20. The first kappa shape index (κ1) is 21.1. The van der Waals surface area contributed by atoms with Crippen LogP contribution in [0.2, 0.25) is 0 Å². The lowest BCUT2D eigenvalue weighted by Crippen LogP contribution is -2.18. The van der Waals surface area contributed by atoms with E-state index in [-0.39, 0.29) is 33.9 Å². The van der Waals surface area contributed by atoms with Crippen LogP contribution in [-0.2, 0) is 4.79 Å². The van der Waals surface area contributed by atoms with Gasteiger partial charge in [0.05, 0.1) is 0 Å². The quantitative estimate of drug-likeness (QED) is 0.430. The highest BCUT2D eigenvalue weighted by Gasteiger charge is 2.20. The zero-order chi connectivity index (χ0) is 21.0. The van der Waals surface area contributed by atoms with Crippen LogP contribution in [0.15, 0.2) is 29.8 Å². The van der Waals surface area contributed by atoms with E-state index < -0.39 is 17.5 Å². The molecule has 0 aliphatic carbocycles. The highest BCUT2D eigenvalue weighted by atomic mass is 19.1. The summed E-state index contributed by atoms with van der Waals surface area (Å²) in [5, 5.41) is 13.7. The first-order valence-electron chi connectivity index (χ1n) is 8.90. The van der Waals surface area contributed by atoms with Crippen molar-refractivity contribution >= 4 is 17.7 Å². The van der Waals surface area contributed by atoms with Gasteiger partial charge in [-0.05, 0) is 69.5 Å². The van der Waals surface area contributed by atoms with Crippen molar-refractivity contribution in [3.8, 4) is 17.3 Å². The van der Waals surface area contributed by atoms with Crippen LogP contribution in [0.3, 0.4) is 0 Å². The Morgan fingerprint density at radius 2 is 1.71 bits per heavy atom. The van der Waals surface area contributed by atoms with E-state index in [1.165, 1.54) is 33.0 Å². The highest BCUT2D eigenvalue weighted by molar-refractivity contribution is 5.98. The maximum absolute atomic E-state index is 15.1. The van der Waals surface area contributed by atoms with Crippen molar-refractivity contribution in [3.63, 3.8) is 0 Å². The average Bonchev–Trinajstić information content (AvgIpc) is 2.64. The van der Waals surface area contributed by atoms with E-state index in [0.717, 1.165) is 5.69 Å². The molecule has 0 heterocycles. The molecule has 0 aliphatic heterocycles. The summed E-state index contributed by atoms with van der Waals surface area (Å²) in [5.41, 5.74) is 2.04. The summed E-state index contributed by atoms with van der Waals surface area (Å²) in [7, 11) is 0. The largest absolute Gasteiger partial charge is 0.383 e. The minimum absolute atomic E-state index is 0.00225. The molecule has 2 aromatic carbocycles. The molecule has 0 unspecified atom stereocenters. The molecule has 0 spiro atoms. The Balaban J connectivity index is 2.54. The summed E-state index contributed by atoms with van der Waals surface area (Å²) in [6.07, 6.45) is 2.78. The lowest BCUT2D eigenvalue weighted by molar-refractivity contribution is -0.116. The van der Waals surface area contributed by atoms with Gasteiger partial charge in [0.1, 0.15) is 11.6 Å². The number of carbonyl (C=O) groups excluding carboxylic acids is 1. The van der Waals surface area contributed by atoms with Crippen LogP contribution in [0, 0.1) is 36.9 Å². The van der Waals surface area contributed by atoms with E-state index >= 15 is 8.78 Å². The molecule has 28 heavy (non-hydrogen) atoms. The number of halogens is 2. The molecule has 0 saturated carbocycles. The summed E-state index contributed by atoms with van der Waals surface area (Å²) in [4.78, 5) is 11.7. The van der Waals surface area contributed by atoms with E-state index in [2.05, 4.69) is 5.32 Å². The Kier molecular flexibility index (Phi) is 6.53. The van der Waals surface area contributed by atoms with E-state index in [9.17, 15) is 4.79 Å². The highest BCUT2D eigenvalue weighted by Crippen LogP contribution is 2.34. The minimum atomic E-state index is -0.656. The SMILES string of the molecule is C/C(=C\c1c(C)c(F)c(-c2ccc(NC(C)C)cc2)c(C)c1F)C(=O)NC#N. The Morgan fingerprint density at radius 3 is 2.25 bits per heavy atom. The summed E-state index contributed by atoms with van der Waals surface area (Å²) >= 11 is 0. The van der Waals surface area contributed by atoms with Crippen molar-refractivity contribution in [3.05, 3.63) is 58.2 Å². The van der Waals surface area contributed by atoms with Gasteiger partial charge in [0.25, 0.3) is 5.91 Å². The third-order valence-corrected chi connectivity index (χ3v) is 4.41. The number of nitriles is 1. The topological polar surface area (TPSA) is 64.9 Å². The lowest BCUT2D eigenvalue weighted by Gasteiger charge is -2.16. The number of nitrogens with zero attached hydrogens (tertiary/aromatic N) is 1. The van der Waals surface area contributed by atoms with E-state index in [4.69, 9.17) is 5.26 Å². The Bertz CT molecular complexity index is 942. The van der Waals surface area contributed by atoms with Gasteiger partial charge >= 0.3 is 0 Å². The fourth-order valence-corrected chi connectivity index (χ4v) is 2.96. The first-order valence-corrected chi connectivity index (χ1v) is 8.90. The van der Waals surface area contributed by atoms with Crippen molar-refractivity contribution in [1.82, 2.24) is 5.32 Å². The second kappa shape index (κ2) is 8.66. The summed E-state index contributed by atoms with van der Waals surface area (Å²) in [6.45, 7) is 8.45. The van der Waals surface area contributed by atoms with Gasteiger partial charge in [-0.2, -0.15) is 5.26 Å². The van der Waals surface area contributed by atoms with Gasteiger partial charge in [-0.15, -0.1) is 0 Å². The van der Waals surface area contributed by atoms with Crippen molar-refractivity contribution in [2.45, 2.75) is 40.7 Å². The van der Waals surface area contributed by atoms with Crippen molar-refractivity contribution in [1.29, 1.82) is 5.26 Å². The summed E-state index contributed by atoms with van der Waals surface area (Å²) in [5.74, 6) is -1.79. The maximum Gasteiger partial charge on any atom is 0.259 e. The molecule has 0 aromatic heterocycles. The van der Waals surface area contributed by atoms with E-state index in [0.29, 0.717) is 5.56 Å². The lowest BCUT2D eigenvalue weighted by atomic mass is 9.92. The second-order valence-corrected chi connectivity index (χ2v) is 6.94. The average molecular weight is 383 g/mol. The van der Waals surface area contributed by atoms with Gasteiger partial charge in [0.15, 0.2) is 6.19 Å². The fourth-order valence-electron chi connectivity index (χ4n) is 2.96. The van der Waals surface area contributed by atoms with Crippen LogP contribution in [0.1, 0.15) is 37.5 Å². The van der Waals surface area contributed by atoms with Gasteiger partial charge < -0.3 is 5.32 Å². The third-order valence-electron chi connectivity index (χ3n) is 4.41. The number of hydrogen-bond acceptors (Lipinski definition) is 3. The Labute approximate surface area is 163 Å². The molecule has 1 amide bonds. The van der Waals surface area contributed by atoms with Crippen LogP contribution in [0.5, 0.6) is 0 Å².